The molecule has 0 atom stereocenters. The lowest BCUT2D eigenvalue weighted by Crippen LogP contribution is -2.27. The Kier molecular flexibility index (Phi) is 4.03. The molecule has 0 spiro atoms. The molecule has 0 saturated heterocycles. The van der Waals surface area contributed by atoms with Gasteiger partial charge in [0.25, 0.3) is 0 Å². The minimum atomic E-state index is -3.06. The first-order chi connectivity index (χ1) is 6.53. The molecule has 0 aliphatic carbocycles. The summed E-state index contributed by atoms with van der Waals surface area (Å²) in [4.78, 5) is 5.30. The summed E-state index contributed by atoms with van der Waals surface area (Å²) in [6.45, 7) is 4.04. The highest BCUT2D eigenvalue weighted by atomic mass is 32.2. The highest BCUT2D eigenvalue weighted by molar-refractivity contribution is 7.89. The number of aromatic nitrogens is 1. The van der Waals surface area contributed by atoms with E-state index in [9.17, 15) is 8.42 Å². The monoisotopic (exact) mass is 234 g/mol. The van der Waals surface area contributed by atoms with Crippen LogP contribution in [0.3, 0.4) is 0 Å². The van der Waals surface area contributed by atoms with Gasteiger partial charge in [-0.25, -0.2) is 18.1 Å². The molecule has 1 rings (SSSR count). The lowest BCUT2D eigenvalue weighted by Gasteiger charge is -2.01. The van der Waals surface area contributed by atoms with Gasteiger partial charge in [-0.05, 0) is 13.8 Å². The number of hydrogen-bond donors (Lipinski definition) is 1. The van der Waals surface area contributed by atoms with Gasteiger partial charge in [-0.2, -0.15) is 0 Å². The molecule has 6 heteroatoms. The van der Waals surface area contributed by atoms with Crippen molar-refractivity contribution in [1.82, 2.24) is 9.71 Å². The summed E-state index contributed by atoms with van der Waals surface area (Å²) < 4.78 is 24.6. The first-order valence-corrected chi connectivity index (χ1v) is 6.89. The Balaban J connectivity index is 2.36. The molecule has 0 aromatic carbocycles. The van der Waals surface area contributed by atoms with E-state index in [0.717, 1.165) is 9.88 Å². The van der Waals surface area contributed by atoms with Crippen LogP contribution in [0.2, 0.25) is 0 Å². The summed E-state index contributed by atoms with van der Waals surface area (Å²) in [6.07, 6.45) is 2.46. The first-order valence-electron chi connectivity index (χ1n) is 4.42. The molecule has 0 aliphatic heterocycles. The maximum atomic E-state index is 11.1. The van der Waals surface area contributed by atoms with Gasteiger partial charge in [0, 0.05) is 24.0 Å². The molecule has 0 bridgehead atoms. The van der Waals surface area contributed by atoms with Gasteiger partial charge in [0.1, 0.15) is 0 Å². The van der Waals surface area contributed by atoms with Crippen molar-refractivity contribution in [2.45, 2.75) is 20.3 Å². The van der Waals surface area contributed by atoms with Crippen LogP contribution in [0.4, 0.5) is 0 Å². The number of nitrogens with zero attached hydrogens (tertiary/aromatic N) is 1. The quantitative estimate of drug-likeness (QED) is 0.824. The predicted molar refractivity (Wildman–Crippen MR) is 58.0 cm³/mol. The Hall–Kier alpha value is -0.460. The van der Waals surface area contributed by atoms with Crippen molar-refractivity contribution in [3.8, 4) is 0 Å². The van der Waals surface area contributed by atoms with Crippen molar-refractivity contribution < 1.29 is 8.42 Å². The Morgan fingerprint density at radius 1 is 1.57 bits per heavy atom. The summed E-state index contributed by atoms with van der Waals surface area (Å²) in [5, 5.41) is 0.973. The van der Waals surface area contributed by atoms with Gasteiger partial charge in [-0.15, -0.1) is 11.3 Å². The zero-order chi connectivity index (χ0) is 10.6. The molecule has 1 aromatic heterocycles. The molecule has 14 heavy (non-hydrogen) atoms. The van der Waals surface area contributed by atoms with Gasteiger partial charge in [0.05, 0.1) is 10.8 Å². The average Bonchev–Trinajstić information content (AvgIpc) is 2.51. The molecular weight excluding hydrogens is 220 g/mol. The van der Waals surface area contributed by atoms with Gasteiger partial charge in [0.15, 0.2) is 0 Å². The number of aryl methyl sites for hydroxylation is 1. The fraction of sp³-hybridized carbons (Fsp3) is 0.625. The maximum absolute atomic E-state index is 11.1. The molecule has 80 valence electrons. The van der Waals surface area contributed by atoms with Gasteiger partial charge in [0.2, 0.25) is 10.0 Å². The molecule has 0 unspecified atom stereocenters. The summed E-state index contributed by atoms with van der Waals surface area (Å²) in [5.41, 5.74) is 0. The maximum Gasteiger partial charge on any atom is 0.211 e. The summed E-state index contributed by atoms with van der Waals surface area (Å²) in [6, 6.07) is 0. The van der Waals surface area contributed by atoms with Crippen molar-refractivity contribution in [2.24, 2.45) is 0 Å². The van der Waals surface area contributed by atoms with Gasteiger partial charge < -0.3 is 0 Å². The SMILES string of the molecule is CCS(=O)(=O)NCCc1ncc(C)s1. The third-order valence-electron chi connectivity index (χ3n) is 1.71. The smallest absolute Gasteiger partial charge is 0.211 e. The van der Waals surface area contributed by atoms with Crippen LogP contribution in [-0.2, 0) is 16.4 Å². The van der Waals surface area contributed by atoms with E-state index in [2.05, 4.69) is 9.71 Å². The highest BCUT2D eigenvalue weighted by Crippen LogP contribution is 2.10. The van der Waals surface area contributed by atoms with E-state index < -0.39 is 10.0 Å². The normalized spacial score (nSPS) is 11.9. The van der Waals surface area contributed by atoms with Crippen LogP contribution in [0.15, 0.2) is 6.20 Å². The second-order valence-corrected chi connectivity index (χ2v) is 6.33. The third-order valence-corrected chi connectivity index (χ3v) is 4.09. The van der Waals surface area contributed by atoms with Crippen molar-refractivity contribution in [2.75, 3.05) is 12.3 Å². The van der Waals surface area contributed by atoms with Gasteiger partial charge in [-0.3, -0.25) is 0 Å². The van der Waals surface area contributed by atoms with Crippen LogP contribution in [0.5, 0.6) is 0 Å². The topological polar surface area (TPSA) is 59.1 Å². The van der Waals surface area contributed by atoms with E-state index >= 15 is 0 Å². The fourth-order valence-corrected chi connectivity index (χ4v) is 2.34. The molecule has 0 fully saturated rings. The molecule has 0 aliphatic rings. The van der Waals surface area contributed by atoms with Crippen molar-refractivity contribution in [3.05, 3.63) is 16.1 Å². The van der Waals surface area contributed by atoms with E-state index in [1.54, 1.807) is 24.5 Å². The Labute approximate surface area is 88.4 Å². The second kappa shape index (κ2) is 4.86. The number of hydrogen-bond acceptors (Lipinski definition) is 4. The Bertz CT molecular complexity index is 384. The number of thiazole rings is 1. The van der Waals surface area contributed by atoms with E-state index in [-0.39, 0.29) is 5.75 Å². The average molecular weight is 234 g/mol. The zero-order valence-electron chi connectivity index (χ0n) is 8.28. The van der Waals surface area contributed by atoms with Crippen LogP contribution in [-0.4, -0.2) is 25.7 Å². The molecule has 4 nitrogen and oxygen atoms in total. The summed E-state index contributed by atoms with van der Waals surface area (Å²) >= 11 is 1.60. The summed E-state index contributed by atoms with van der Waals surface area (Å²) in [5.74, 6) is 0.129. The number of nitrogens with one attached hydrogen (secondary N) is 1. The van der Waals surface area contributed by atoms with Crippen molar-refractivity contribution in [3.63, 3.8) is 0 Å². The van der Waals surface area contributed by atoms with Crippen LogP contribution < -0.4 is 4.72 Å². The Morgan fingerprint density at radius 2 is 2.29 bits per heavy atom. The van der Waals surface area contributed by atoms with Gasteiger partial charge >= 0.3 is 0 Å². The number of rotatable bonds is 5. The second-order valence-electron chi connectivity index (χ2n) is 2.91. The minimum Gasteiger partial charge on any atom is -0.249 e. The molecule has 0 radical (unpaired) electrons. The van der Waals surface area contributed by atoms with Crippen LogP contribution >= 0.6 is 11.3 Å². The lowest BCUT2D eigenvalue weighted by molar-refractivity contribution is 0.583. The first kappa shape index (κ1) is 11.6. The van der Waals surface area contributed by atoms with E-state index in [1.165, 1.54) is 0 Å². The molecule has 1 heterocycles. The molecular formula is C8H14N2O2S2. The fourth-order valence-electron chi connectivity index (χ4n) is 0.933. The zero-order valence-corrected chi connectivity index (χ0v) is 9.91. The molecule has 1 aromatic rings. The minimum absolute atomic E-state index is 0.129. The third kappa shape index (κ3) is 3.73. The van der Waals surface area contributed by atoms with Crippen molar-refractivity contribution >= 4 is 21.4 Å². The number of sulfonamides is 1. The Morgan fingerprint density at radius 3 is 2.79 bits per heavy atom. The largest absolute Gasteiger partial charge is 0.249 e. The van der Waals surface area contributed by atoms with Crippen LogP contribution in [0.1, 0.15) is 16.8 Å². The van der Waals surface area contributed by atoms with E-state index in [0.29, 0.717) is 13.0 Å². The lowest BCUT2D eigenvalue weighted by atomic mass is 10.5. The van der Waals surface area contributed by atoms with Crippen LogP contribution in [0, 0.1) is 6.92 Å². The molecule has 1 N–H and O–H groups in total. The predicted octanol–water partition coefficient (Wildman–Crippen LogP) is 0.933. The van der Waals surface area contributed by atoms with Crippen molar-refractivity contribution in [1.29, 1.82) is 0 Å². The van der Waals surface area contributed by atoms with Gasteiger partial charge in [-0.1, -0.05) is 0 Å². The van der Waals surface area contributed by atoms with Crippen LogP contribution in [0.25, 0.3) is 0 Å². The molecule has 0 saturated carbocycles. The van der Waals surface area contributed by atoms with E-state index in [1.807, 2.05) is 6.92 Å². The summed E-state index contributed by atoms with van der Waals surface area (Å²) in [7, 11) is -3.06. The molecule has 0 amide bonds. The highest BCUT2D eigenvalue weighted by Gasteiger charge is 2.05. The standard InChI is InChI=1S/C8H14N2O2S2/c1-3-14(11,12)10-5-4-8-9-6-7(2)13-8/h6,10H,3-5H2,1-2H3. The van der Waals surface area contributed by atoms with E-state index in [4.69, 9.17) is 0 Å².